The first kappa shape index (κ1) is 9.34. The Bertz CT molecular complexity index is 8.00. The number of rotatable bonds is 0. The summed E-state index contributed by atoms with van der Waals surface area (Å²) in [5.41, 5.74) is 0. The minimum atomic E-state index is 0.889. The van der Waals surface area contributed by atoms with Crippen LogP contribution in [0.2, 0.25) is 0 Å². The molecule has 0 radical (unpaired) electrons. The van der Waals surface area contributed by atoms with Crippen LogP contribution >= 0.6 is 19.0 Å². The first-order valence-electron chi connectivity index (χ1n) is 0.493. The van der Waals surface area contributed by atoms with Crippen LogP contribution in [0, 0.1) is 0 Å². The van der Waals surface area contributed by atoms with E-state index in [0.29, 0.717) is 0 Å². The predicted octanol–water partition coefficient (Wildman–Crippen LogP) is 0.645. The van der Waals surface area contributed by atoms with E-state index in [1.165, 1.54) is 0 Å². The van der Waals surface area contributed by atoms with E-state index < -0.39 is 0 Å². The zero-order valence-corrected chi connectivity index (χ0v) is 10.5. The first-order chi connectivity index (χ1) is 2.00. The molecule has 0 nitrogen and oxygen atoms in total. The molecular weight excluding hydrogens is 339 g/mol. The Hall–Kier alpha value is 1.95. The molecule has 0 rings (SSSR count). The van der Waals surface area contributed by atoms with E-state index in [1.807, 2.05) is 0 Å². The summed E-state index contributed by atoms with van der Waals surface area (Å²) >= 11 is 1.85. The molecule has 0 aliphatic rings. The molecule has 0 aliphatic heterocycles. The minimum absolute atomic E-state index is 0.889. The van der Waals surface area contributed by atoms with Crippen LogP contribution in [0.15, 0.2) is 0 Å². The van der Waals surface area contributed by atoms with Crippen molar-refractivity contribution in [3.63, 3.8) is 0 Å². The van der Waals surface area contributed by atoms with Gasteiger partial charge in [0, 0.05) is 0 Å². The fourth-order valence-electron chi connectivity index (χ4n) is 0. The van der Waals surface area contributed by atoms with Gasteiger partial charge in [-0.2, -0.15) is 0 Å². The summed E-state index contributed by atoms with van der Waals surface area (Å²) in [6, 6.07) is 0. The number of hydrogen-bond acceptors (Lipinski definition) is 2. The van der Waals surface area contributed by atoms with Gasteiger partial charge in [-0.05, 0) is 0 Å². The molecule has 0 unspecified atom stereocenters. The molecule has 0 bridgehead atoms. The summed E-state index contributed by atoms with van der Waals surface area (Å²) in [7, 11) is 8.43. The van der Waals surface area contributed by atoms with E-state index in [1.54, 1.807) is 0 Å². The van der Waals surface area contributed by atoms with Crippen molar-refractivity contribution in [2.75, 3.05) is 0 Å². The van der Waals surface area contributed by atoms with Crippen molar-refractivity contribution in [2.24, 2.45) is 0 Å². The van der Waals surface area contributed by atoms with Gasteiger partial charge in [0.1, 0.15) is 0 Å². The Morgan fingerprint density at radius 3 is 1.25 bits per heavy atom. The maximum absolute atomic E-state index is 4.22. The van der Waals surface area contributed by atoms with Gasteiger partial charge in [-0.25, -0.2) is 0 Å². The average Bonchev–Trinajstić information content (AvgIpc) is 1.50. The summed E-state index contributed by atoms with van der Waals surface area (Å²) in [5.74, 6) is 0. The maximum atomic E-state index is 4.22. The van der Waals surface area contributed by atoms with Crippen molar-refractivity contribution < 1.29 is 16.6 Å². The molecule has 0 aliphatic carbocycles. The summed E-state index contributed by atoms with van der Waals surface area (Å²) in [4.78, 5) is 0. The molecule has 0 fully saturated rings. The zero-order chi connectivity index (χ0) is 4.00. The van der Waals surface area contributed by atoms with Crippen LogP contribution in [-0.2, 0) is 16.6 Å². The third-order valence-corrected chi connectivity index (χ3v) is 0. The molecule has 20 valence electrons. The normalized spacial score (nSPS) is 2.50. The van der Waals surface area contributed by atoms with Gasteiger partial charge in [0.2, 0.25) is 0 Å². The first-order valence-corrected chi connectivity index (χ1v) is 9.87. The Morgan fingerprint density at radius 2 is 1.25 bits per heavy atom. The summed E-state index contributed by atoms with van der Waals surface area (Å²) in [6.45, 7) is 0. The Morgan fingerprint density at radius 1 is 1.25 bits per heavy atom. The van der Waals surface area contributed by atoms with Crippen LogP contribution in [0.4, 0.5) is 0 Å². The Kier molecular flexibility index (Phi) is 47.5. The third kappa shape index (κ3) is 9.04. The van der Waals surface area contributed by atoms with Crippen molar-refractivity contribution >= 4 is 41.6 Å². The molecule has 0 atom stereocenters. The van der Waals surface area contributed by atoms with Crippen molar-refractivity contribution in [1.29, 1.82) is 0 Å². The Balaban J connectivity index is 0. The van der Waals surface area contributed by atoms with Crippen LogP contribution < -0.4 is 0 Å². The second-order valence-corrected chi connectivity index (χ2v) is 0. The predicted molar refractivity (Wildman–Crippen MR) is 22.3 cm³/mol. The van der Waals surface area contributed by atoms with Gasteiger partial charge in [0.05, 0.1) is 0 Å². The standard InChI is InChI=1S/Bi.2S.Zn.H. The van der Waals surface area contributed by atoms with Crippen molar-refractivity contribution in [2.45, 2.75) is 0 Å². The molecule has 0 N–H and O–H groups in total. The van der Waals surface area contributed by atoms with Crippen molar-refractivity contribution in [3.05, 3.63) is 0 Å². The second kappa shape index (κ2) is 20.3. The molecule has 4 heavy (non-hydrogen) atoms. The molecule has 4 heteroatoms. The van der Waals surface area contributed by atoms with Gasteiger partial charge in [-0.3, -0.25) is 0 Å². The van der Waals surface area contributed by atoms with E-state index in [2.05, 4.69) is 19.0 Å². The fourth-order valence-corrected chi connectivity index (χ4v) is 0. The Labute approximate surface area is 57.4 Å². The van der Waals surface area contributed by atoms with Crippen LogP contribution in [0.1, 0.15) is 0 Å². The van der Waals surface area contributed by atoms with Crippen molar-refractivity contribution in [1.82, 2.24) is 0 Å². The molecule has 0 saturated carbocycles. The summed E-state index contributed by atoms with van der Waals surface area (Å²) in [5, 5.41) is 0. The molecule has 0 amide bonds. The van der Waals surface area contributed by atoms with Crippen LogP contribution in [0.3, 0.4) is 0 Å². The van der Waals surface area contributed by atoms with Crippen molar-refractivity contribution in [3.8, 4) is 0 Å². The van der Waals surface area contributed by atoms with E-state index in [4.69, 9.17) is 0 Å². The quantitative estimate of drug-likeness (QED) is 0.594. The molecule has 0 aromatic rings. The topological polar surface area (TPSA) is 0 Å². The molecule has 0 saturated heterocycles. The SMILES string of the molecule is [S]=[BiH].[S]=[Zn]. The van der Waals surface area contributed by atoms with Gasteiger partial charge in [0.25, 0.3) is 0 Å². The molecule has 0 aromatic carbocycles. The van der Waals surface area contributed by atoms with E-state index in [-0.39, 0.29) is 0 Å². The average molecular weight is 340 g/mol. The van der Waals surface area contributed by atoms with Crippen LogP contribution in [0.5, 0.6) is 0 Å². The molecular formula is HBiS2Zn. The van der Waals surface area contributed by atoms with Crippen LogP contribution in [-0.4, -0.2) is 22.7 Å². The molecule has 0 spiro atoms. The van der Waals surface area contributed by atoms with E-state index in [0.717, 1.165) is 39.2 Å². The van der Waals surface area contributed by atoms with Gasteiger partial charge < -0.3 is 0 Å². The van der Waals surface area contributed by atoms with E-state index in [9.17, 15) is 0 Å². The van der Waals surface area contributed by atoms with Crippen LogP contribution in [0.25, 0.3) is 0 Å². The fraction of sp³-hybridized carbons (Fsp3) is 0. The number of hydrogen-bond donors (Lipinski definition) is 0. The molecule has 0 aromatic heterocycles. The van der Waals surface area contributed by atoms with Gasteiger partial charge >= 0.3 is 58.2 Å². The van der Waals surface area contributed by atoms with Gasteiger partial charge in [-0.1, -0.05) is 0 Å². The summed E-state index contributed by atoms with van der Waals surface area (Å²) < 4.78 is 0. The van der Waals surface area contributed by atoms with Gasteiger partial charge in [0.15, 0.2) is 0 Å². The molecule has 0 heterocycles. The summed E-state index contributed by atoms with van der Waals surface area (Å²) in [6.07, 6.45) is 0. The third-order valence-electron chi connectivity index (χ3n) is 0. The zero-order valence-electron chi connectivity index (χ0n) is 2.02. The van der Waals surface area contributed by atoms with Gasteiger partial charge in [-0.15, -0.1) is 0 Å². The monoisotopic (exact) mass is 338 g/mol. The second-order valence-electron chi connectivity index (χ2n) is 0. The van der Waals surface area contributed by atoms with E-state index >= 15 is 0 Å².